The van der Waals surface area contributed by atoms with Gasteiger partial charge < -0.3 is 10.6 Å². The van der Waals surface area contributed by atoms with Gasteiger partial charge in [0.15, 0.2) is 0 Å². The third-order valence-corrected chi connectivity index (χ3v) is 4.85. The molecular weight excluding hydrogens is 370 g/mol. The summed E-state index contributed by atoms with van der Waals surface area (Å²) in [5, 5.41) is 1.88. The van der Waals surface area contributed by atoms with Crippen LogP contribution in [0.25, 0.3) is 0 Å². The fraction of sp³-hybridized carbons (Fsp3) is 0.214. The van der Waals surface area contributed by atoms with E-state index in [2.05, 4.69) is 20.9 Å². The van der Waals surface area contributed by atoms with Crippen LogP contribution in [0.3, 0.4) is 0 Å². The van der Waals surface area contributed by atoms with Crippen molar-refractivity contribution in [2.45, 2.75) is 13.0 Å². The Kier molecular flexibility index (Phi) is 5.84. The topological polar surface area (TPSA) is 59.2 Å². The quantitative estimate of drug-likeness (QED) is 0.777. The molecule has 0 aliphatic rings. The molecule has 0 aliphatic carbocycles. The van der Waals surface area contributed by atoms with Crippen LogP contribution in [0.5, 0.6) is 0 Å². The number of nitrogens with two attached hydrogens (primary N) is 1. The number of pyridine rings is 1. The fourth-order valence-corrected chi connectivity index (χ4v) is 3.40. The molecule has 1 amide bonds. The number of rotatable bonds is 6. The summed E-state index contributed by atoms with van der Waals surface area (Å²) in [6, 6.07) is 5.66. The van der Waals surface area contributed by atoms with Crippen LogP contribution in [0.4, 0.5) is 0 Å². The number of thiocarbonyl (C=S) groups is 1. The lowest BCUT2D eigenvalue weighted by Crippen LogP contribution is -2.33. The average molecular weight is 384 g/mol. The van der Waals surface area contributed by atoms with E-state index in [0.29, 0.717) is 29.4 Å². The Morgan fingerprint density at radius 3 is 2.86 bits per heavy atom. The maximum Gasteiger partial charge on any atom is 0.265 e. The monoisotopic (exact) mass is 383 g/mol. The van der Waals surface area contributed by atoms with Crippen LogP contribution in [0.2, 0.25) is 0 Å². The van der Waals surface area contributed by atoms with Crippen molar-refractivity contribution < 1.29 is 4.79 Å². The lowest BCUT2D eigenvalue weighted by atomic mass is 10.2. The molecular formula is C14H14BrN3OS2. The van der Waals surface area contributed by atoms with Crippen LogP contribution in [0.1, 0.15) is 21.7 Å². The Bertz CT molecular complexity index is 630. The molecule has 7 heteroatoms. The number of aromatic nitrogens is 1. The maximum absolute atomic E-state index is 12.6. The molecule has 0 saturated heterocycles. The summed E-state index contributed by atoms with van der Waals surface area (Å²) in [5.41, 5.74) is 6.53. The standard InChI is InChI=1S/C14H14BrN3OS2/c15-11-4-7-21-13(11)14(19)18(6-3-12(16)20)9-10-2-1-5-17-8-10/h1-2,4-5,7-8H,3,6,9H2,(H2,16,20). The van der Waals surface area contributed by atoms with Crippen LogP contribution < -0.4 is 5.73 Å². The molecule has 21 heavy (non-hydrogen) atoms. The van der Waals surface area contributed by atoms with E-state index >= 15 is 0 Å². The second-order valence-corrected chi connectivity index (χ2v) is 6.70. The molecule has 4 nitrogen and oxygen atoms in total. The van der Waals surface area contributed by atoms with E-state index in [4.69, 9.17) is 18.0 Å². The van der Waals surface area contributed by atoms with Gasteiger partial charge in [0.2, 0.25) is 0 Å². The number of nitrogens with zero attached hydrogens (tertiary/aromatic N) is 2. The second kappa shape index (κ2) is 7.63. The molecule has 0 unspecified atom stereocenters. The molecule has 0 bridgehead atoms. The van der Waals surface area contributed by atoms with Gasteiger partial charge in [-0.05, 0) is 39.0 Å². The highest BCUT2D eigenvalue weighted by atomic mass is 79.9. The van der Waals surface area contributed by atoms with Crippen LogP contribution in [0, 0.1) is 0 Å². The van der Waals surface area contributed by atoms with E-state index in [1.165, 1.54) is 11.3 Å². The Morgan fingerprint density at radius 2 is 2.29 bits per heavy atom. The number of thiophene rings is 1. The SMILES string of the molecule is NC(=S)CCN(Cc1cccnc1)C(=O)c1sccc1Br. The van der Waals surface area contributed by atoms with E-state index in [0.717, 1.165) is 10.0 Å². The van der Waals surface area contributed by atoms with E-state index < -0.39 is 0 Å². The molecule has 0 radical (unpaired) electrons. The summed E-state index contributed by atoms with van der Waals surface area (Å²) in [6.07, 6.45) is 3.97. The molecule has 2 rings (SSSR count). The molecule has 2 aromatic rings. The number of carbonyl (C=O) groups is 1. The lowest BCUT2D eigenvalue weighted by molar-refractivity contribution is 0.0752. The zero-order valence-corrected chi connectivity index (χ0v) is 14.4. The summed E-state index contributed by atoms with van der Waals surface area (Å²) >= 11 is 9.73. The van der Waals surface area contributed by atoms with Crippen LogP contribution in [0.15, 0.2) is 40.4 Å². The number of carbonyl (C=O) groups excluding carboxylic acids is 1. The molecule has 2 N–H and O–H groups in total. The van der Waals surface area contributed by atoms with Crippen molar-refractivity contribution in [3.8, 4) is 0 Å². The highest BCUT2D eigenvalue weighted by Gasteiger charge is 2.19. The zero-order valence-electron chi connectivity index (χ0n) is 11.2. The third kappa shape index (κ3) is 4.59. The van der Waals surface area contributed by atoms with E-state index in [1.807, 2.05) is 23.6 Å². The number of hydrogen-bond donors (Lipinski definition) is 1. The summed E-state index contributed by atoms with van der Waals surface area (Å²) in [7, 11) is 0. The average Bonchev–Trinajstić information content (AvgIpc) is 2.90. The second-order valence-electron chi connectivity index (χ2n) is 4.40. The molecule has 110 valence electrons. The van der Waals surface area contributed by atoms with Crippen molar-refractivity contribution in [3.05, 3.63) is 50.9 Å². The van der Waals surface area contributed by atoms with Gasteiger partial charge in [-0.2, -0.15) is 0 Å². The van der Waals surface area contributed by atoms with Gasteiger partial charge in [0, 0.05) is 36.4 Å². The Balaban J connectivity index is 2.17. The predicted molar refractivity (Wildman–Crippen MR) is 92.4 cm³/mol. The van der Waals surface area contributed by atoms with Crippen molar-refractivity contribution in [1.29, 1.82) is 0 Å². The molecule has 0 atom stereocenters. The highest BCUT2D eigenvalue weighted by molar-refractivity contribution is 9.10. The van der Waals surface area contributed by atoms with Gasteiger partial charge in [0.05, 0.1) is 4.99 Å². The Hall–Kier alpha value is -1.31. The first-order valence-electron chi connectivity index (χ1n) is 6.27. The maximum atomic E-state index is 12.6. The van der Waals surface area contributed by atoms with Gasteiger partial charge >= 0.3 is 0 Å². The minimum atomic E-state index is -0.0306. The van der Waals surface area contributed by atoms with Crippen molar-refractivity contribution in [2.75, 3.05) is 6.54 Å². The first-order chi connectivity index (χ1) is 10.1. The van der Waals surface area contributed by atoms with Crippen molar-refractivity contribution >= 4 is 50.4 Å². The number of halogens is 1. The molecule has 0 fully saturated rings. The van der Waals surface area contributed by atoms with Gasteiger partial charge in [0.25, 0.3) is 5.91 Å². The highest BCUT2D eigenvalue weighted by Crippen LogP contribution is 2.25. The van der Waals surface area contributed by atoms with Gasteiger partial charge in [-0.25, -0.2) is 0 Å². The molecule has 0 aliphatic heterocycles. The van der Waals surface area contributed by atoms with Gasteiger partial charge in [-0.1, -0.05) is 18.3 Å². The molecule has 0 saturated carbocycles. The van der Waals surface area contributed by atoms with Gasteiger partial charge in [-0.15, -0.1) is 11.3 Å². The first-order valence-corrected chi connectivity index (χ1v) is 8.35. The molecule has 2 aromatic heterocycles. The lowest BCUT2D eigenvalue weighted by Gasteiger charge is -2.22. The van der Waals surface area contributed by atoms with Crippen LogP contribution >= 0.6 is 39.5 Å². The van der Waals surface area contributed by atoms with E-state index in [9.17, 15) is 4.79 Å². The summed E-state index contributed by atoms with van der Waals surface area (Å²) < 4.78 is 0.809. The Labute approximate surface area is 141 Å². The predicted octanol–water partition coefficient (Wildman–Crippen LogP) is 3.22. The van der Waals surface area contributed by atoms with Crippen molar-refractivity contribution in [1.82, 2.24) is 9.88 Å². The number of hydrogen-bond acceptors (Lipinski definition) is 4. The first kappa shape index (κ1) is 16.1. The molecule has 2 heterocycles. The van der Waals surface area contributed by atoms with Crippen LogP contribution in [-0.4, -0.2) is 27.3 Å². The summed E-state index contributed by atoms with van der Waals surface area (Å²) in [4.78, 5) is 19.6. The van der Waals surface area contributed by atoms with Gasteiger partial charge in [-0.3, -0.25) is 9.78 Å². The minimum absolute atomic E-state index is 0.0306. The van der Waals surface area contributed by atoms with E-state index in [1.54, 1.807) is 17.3 Å². The largest absolute Gasteiger partial charge is 0.393 e. The summed E-state index contributed by atoms with van der Waals surface area (Å²) in [6.45, 7) is 0.979. The van der Waals surface area contributed by atoms with Gasteiger partial charge in [0.1, 0.15) is 4.88 Å². The normalized spacial score (nSPS) is 10.3. The molecule has 0 spiro atoms. The number of amides is 1. The Morgan fingerprint density at radius 1 is 1.48 bits per heavy atom. The van der Waals surface area contributed by atoms with Crippen molar-refractivity contribution in [2.24, 2.45) is 5.73 Å². The minimum Gasteiger partial charge on any atom is -0.393 e. The fourth-order valence-electron chi connectivity index (χ4n) is 1.80. The smallest absolute Gasteiger partial charge is 0.265 e. The van der Waals surface area contributed by atoms with Crippen molar-refractivity contribution in [3.63, 3.8) is 0 Å². The zero-order chi connectivity index (χ0) is 15.2. The summed E-state index contributed by atoms with van der Waals surface area (Å²) in [5.74, 6) is -0.0306. The molecule has 0 aromatic carbocycles. The van der Waals surface area contributed by atoms with E-state index in [-0.39, 0.29) is 5.91 Å². The van der Waals surface area contributed by atoms with Crippen LogP contribution in [-0.2, 0) is 6.54 Å². The third-order valence-electron chi connectivity index (χ3n) is 2.82.